The Labute approximate surface area is 162 Å². The lowest BCUT2D eigenvalue weighted by Gasteiger charge is -2.15. The molecule has 0 unspecified atom stereocenters. The van der Waals surface area contributed by atoms with E-state index in [1.54, 1.807) is 13.8 Å². The van der Waals surface area contributed by atoms with E-state index < -0.39 is 17.2 Å². The van der Waals surface area contributed by atoms with Crippen LogP contribution in [0.3, 0.4) is 0 Å². The van der Waals surface area contributed by atoms with Gasteiger partial charge in [-0.15, -0.1) is 0 Å². The molecule has 0 aliphatic rings. The summed E-state index contributed by atoms with van der Waals surface area (Å²) in [7, 11) is 0. The van der Waals surface area contributed by atoms with Gasteiger partial charge in [-0.1, -0.05) is 23.2 Å². The highest BCUT2D eigenvalue weighted by molar-refractivity contribution is 6.31. The van der Waals surface area contributed by atoms with E-state index in [0.29, 0.717) is 17.3 Å². The van der Waals surface area contributed by atoms with Crippen LogP contribution >= 0.6 is 23.2 Å². The van der Waals surface area contributed by atoms with E-state index in [9.17, 15) is 13.6 Å². The van der Waals surface area contributed by atoms with Gasteiger partial charge >= 0.3 is 0 Å². The van der Waals surface area contributed by atoms with Crippen LogP contribution in [0.5, 0.6) is 5.88 Å². The van der Waals surface area contributed by atoms with Crippen molar-refractivity contribution in [1.29, 1.82) is 0 Å². The number of rotatable bonds is 4. The summed E-state index contributed by atoms with van der Waals surface area (Å²) in [6.45, 7) is 2.96. The van der Waals surface area contributed by atoms with Crippen LogP contribution in [0, 0.1) is 25.5 Å². The molecule has 0 fully saturated rings. The lowest BCUT2D eigenvalue weighted by Crippen LogP contribution is -2.24. The Kier molecular flexibility index (Phi) is 5.38. The van der Waals surface area contributed by atoms with E-state index in [0.717, 1.165) is 6.20 Å². The first kappa shape index (κ1) is 19.2. The van der Waals surface area contributed by atoms with Gasteiger partial charge in [-0.2, -0.15) is 4.98 Å². The van der Waals surface area contributed by atoms with Gasteiger partial charge in [-0.05, 0) is 25.5 Å². The Morgan fingerprint density at radius 3 is 2.59 bits per heavy atom. The van der Waals surface area contributed by atoms with Crippen molar-refractivity contribution < 1.29 is 13.5 Å². The average molecular weight is 413 g/mol. The minimum absolute atomic E-state index is 0.146. The summed E-state index contributed by atoms with van der Waals surface area (Å²) in [6.07, 6.45) is 2.38. The van der Waals surface area contributed by atoms with Crippen LogP contribution in [0.25, 0.3) is 5.69 Å². The fraction of sp³-hybridized carbons (Fsp3) is 0.176. The van der Waals surface area contributed by atoms with Crippen LogP contribution in [0.4, 0.5) is 8.78 Å². The molecule has 0 radical (unpaired) electrons. The Morgan fingerprint density at radius 2 is 1.89 bits per heavy atom. The largest absolute Gasteiger partial charge is 0.470 e. The smallest absolute Gasteiger partial charge is 0.280 e. The number of halogens is 4. The molecule has 10 heteroatoms. The molecule has 3 aromatic heterocycles. The quantitative estimate of drug-likeness (QED) is 0.609. The van der Waals surface area contributed by atoms with E-state index in [1.807, 2.05) is 0 Å². The zero-order chi connectivity index (χ0) is 19.7. The van der Waals surface area contributed by atoms with Crippen molar-refractivity contribution in [2.75, 3.05) is 0 Å². The summed E-state index contributed by atoms with van der Waals surface area (Å²) in [4.78, 5) is 24.4. The first-order valence-electron chi connectivity index (χ1n) is 7.62. The fourth-order valence-electron chi connectivity index (χ4n) is 2.38. The van der Waals surface area contributed by atoms with Crippen LogP contribution in [-0.2, 0) is 6.61 Å². The molecule has 3 rings (SSSR count). The second-order valence-electron chi connectivity index (χ2n) is 5.58. The Hall–Kier alpha value is -2.58. The van der Waals surface area contributed by atoms with Crippen LogP contribution < -0.4 is 10.3 Å². The molecule has 0 atom stereocenters. The summed E-state index contributed by atoms with van der Waals surface area (Å²) < 4.78 is 33.2. The third-order valence-corrected chi connectivity index (χ3v) is 4.21. The van der Waals surface area contributed by atoms with Crippen molar-refractivity contribution in [3.8, 4) is 11.6 Å². The maximum absolute atomic E-state index is 13.7. The standard InChI is InChI=1S/C17H12Cl2F2N4O2/c1-8-5-23-14(18)4-13(8)25-9(2)24-16(15(19)17(25)26)27-7-12-11(21)3-10(20)6-22-12/h3-6H,7H2,1-2H3. The lowest BCUT2D eigenvalue weighted by atomic mass is 10.2. The highest BCUT2D eigenvalue weighted by Gasteiger charge is 2.18. The zero-order valence-corrected chi connectivity index (χ0v) is 15.6. The number of aryl methyl sites for hydroxylation is 2. The molecule has 3 heterocycles. The molecule has 0 aliphatic carbocycles. The molecule has 0 spiro atoms. The summed E-state index contributed by atoms with van der Waals surface area (Å²) in [5.41, 5.74) is 0.434. The van der Waals surface area contributed by atoms with Gasteiger partial charge in [0.15, 0.2) is 10.8 Å². The van der Waals surface area contributed by atoms with Crippen LogP contribution in [0.2, 0.25) is 10.2 Å². The molecule has 6 nitrogen and oxygen atoms in total. The minimum Gasteiger partial charge on any atom is -0.470 e. The van der Waals surface area contributed by atoms with E-state index in [2.05, 4.69) is 15.0 Å². The second kappa shape index (κ2) is 7.58. The fourth-order valence-corrected chi connectivity index (χ4v) is 2.71. The lowest BCUT2D eigenvalue weighted by molar-refractivity contribution is 0.280. The van der Waals surface area contributed by atoms with Gasteiger partial charge in [0, 0.05) is 12.3 Å². The maximum atomic E-state index is 13.7. The van der Waals surface area contributed by atoms with Crippen molar-refractivity contribution >= 4 is 23.2 Å². The third-order valence-electron chi connectivity index (χ3n) is 3.68. The van der Waals surface area contributed by atoms with Gasteiger partial charge in [0.1, 0.15) is 29.1 Å². The second-order valence-corrected chi connectivity index (χ2v) is 6.35. The van der Waals surface area contributed by atoms with E-state index in [-0.39, 0.29) is 34.2 Å². The Bertz CT molecular complexity index is 1090. The van der Waals surface area contributed by atoms with Crippen molar-refractivity contribution in [3.63, 3.8) is 0 Å². The van der Waals surface area contributed by atoms with E-state index >= 15 is 0 Å². The molecule has 0 bridgehead atoms. The van der Waals surface area contributed by atoms with E-state index in [4.69, 9.17) is 27.9 Å². The van der Waals surface area contributed by atoms with Crippen molar-refractivity contribution in [1.82, 2.24) is 19.5 Å². The van der Waals surface area contributed by atoms with Crippen molar-refractivity contribution in [3.05, 3.63) is 73.8 Å². The Morgan fingerprint density at radius 1 is 1.15 bits per heavy atom. The summed E-state index contributed by atoms with van der Waals surface area (Å²) >= 11 is 12.0. The highest BCUT2D eigenvalue weighted by atomic mass is 35.5. The van der Waals surface area contributed by atoms with Gasteiger partial charge in [0.2, 0.25) is 5.88 Å². The molecule has 140 valence electrons. The van der Waals surface area contributed by atoms with Crippen LogP contribution in [-0.4, -0.2) is 19.5 Å². The van der Waals surface area contributed by atoms with E-state index in [1.165, 1.54) is 16.8 Å². The number of pyridine rings is 2. The number of ether oxygens (including phenoxy) is 1. The average Bonchev–Trinajstić information content (AvgIpc) is 2.61. The summed E-state index contributed by atoms with van der Waals surface area (Å²) in [5, 5.41) is -0.0911. The molecular weight excluding hydrogens is 401 g/mol. The maximum Gasteiger partial charge on any atom is 0.280 e. The monoisotopic (exact) mass is 412 g/mol. The Balaban J connectivity index is 1.98. The summed E-state index contributed by atoms with van der Waals surface area (Å²) in [6, 6.07) is 2.20. The van der Waals surface area contributed by atoms with Gasteiger partial charge in [0.25, 0.3) is 5.56 Å². The highest BCUT2D eigenvalue weighted by Crippen LogP contribution is 2.23. The molecular formula is C17H12Cl2F2N4O2. The summed E-state index contributed by atoms with van der Waals surface area (Å²) in [5.74, 6) is -1.59. The molecule has 0 saturated heterocycles. The normalized spacial score (nSPS) is 10.9. The van der Waals surface area contributed by atoms with Crippen molar-refractivity contribution in [2.45, 2.75) is 20.5 Å². The van der Waals surface area contributed by atoms with Gasteiger partial charge in [0.05, 0.1) is 11.9 Å². The first-order chi connectivity index (χ1) is 12.8. The minimum atomic E-state index is -0.877. The molecule has 27 heavy (non-hydrogen) atoms. The number of aromatic nitrogens is 4. The molecule has 0 aliphatic heterocycles. The third kappa shape index (κ3) is 3.91. The molecule has 0 amide bonds. The number of hydrogen-bond donors (Lipinski definition) is 0. The topological polar surface area (TPSA) is 69.9 Å². The molecule has 0 saturated carbocycles. The predicted molar refractivity (Wildman–Crippen MR) is 95.6 cm³/mol. The first-order valence-corrected chi connectivity index (χ1v) is 8.38. The van der Waals surface area contributed by atoms with Crippen molar-refractivity contribution in [2.24, 2.45) is 0 Å². The SMILES string of the molecule is Cc1cnc(Cl)cc1-n1c(C)nc(OCc2ncc(F)cc2F)c(Cl)c1=O. The predicted octanol–water partition coefficient (Wildman–Crippen LogP) is 3.80. The van der Waals surface area contributed by atoms with Gasteiger partial charge < -0.3 is 4.74 Å². The van der Waals surface area contributed by atoms with Gasteiger partial charge in [-0.3, -0.25) is 14.3 Å². The molecule has 0 aromatic carbocycles. The number of nitrogens with zero attached hydrogens (tertiary/aromatic N) is 4. The zero-order valence-electron chi connectivity index (χ0n) is 14.1. The molecule has 0 N–H and O–H groups in total. The van der Waals surface area contributed by atoms with Gasteiger partial charge in [-0.25, -0.2) is 13.8 Å². The number of hydrogen-bond acceptors (Lipinski definition) is 5. The van der Waals surface area contributed by atoms with Crippen LogP contribution in [0.15, 0.2) is 29.3 Å². The molecule has 3 aromatic rings. The van der Waals surface area contributed by atoms with Crippen LogP contribution in [0.1, 0.15) is 17.1 Å².